The summed E-state index contributed by atoms with van der Waals surface area (Å²) in [7, 11) is -9.91. The fourth-order valence-corrected chi connectivity index (χ4v) is 12.6. The highest BCUT2D eigenvalue weighted by atomic mass is 31.2. The Labute approximate surface area is 562 Å². The average molecular weight is 1350 g/mol. The molecular weight excluding hydrogens is 1210 g/mol. The van der Waals surface area contributed by atoms with Crippen molar-refractivity contribution in [2.75, 3.05) is 39.6 Å². The van der Waals surface area contributed by atoms with E-state index in [4.69, 9.17) is 37.0 Å². The number of hydrogen-bond donors (Lipinski definition) is 3. The summed E-state index contributed by atoms with van der Waals surface area (Å²) in [4.78, 5) is 72.7. The number of rotatable bonds is 70. The highest BCUT2D eigenvalue weighted by Gasteiger charge is 2.30. The van der Waals surface area contributed by atoms with Crippen molar-refractivity contribution in [3.63, 3.8) is 0 Å². The minimum atomic E-state index is -4.96. The molecule has 92 heavy (non-hydrogen) atoms. The van der Waals surface area contributed by atoms with E-state index in [1.54, 1.807) is 0 Å². The number of unbranched alkanes of at least 4 members (excludes halogenated alkanes) is 35. The van der Waals surface area contributed by atoms with Crippen LogP contribution in [-0.2, 0) is 65.4 Å². The van der Waals surface area contributed by atoms with E-state index in [2.05, 4.69) is 55.4 Å². The van der Waals surface area contributed by atoms with Crippen molar-refractivity contribution in [2.45, 2.75) is 382 Å². The molecule has 6 atom stereocenters. The van der Waals surface area contributed by atoms with Crippen LogP contribution >= 0.6 is 15.6 Å². The normalized spacial score (nSPS) is 14.5. The summed E-state index contributed by atoms with van der Waals surface area (Å²) in [5.74, 6) is 0.890. The first kappa shape index (κ1) is 90.1. The van der Waals surface area contributed by atoms with Crippen molar-refractivity contribution in [3.05, 3.63) is 0 Å². The third kappa shape index (κ3) is 65.4. The standard InChI is InChI=1S/C73H142O17P2/c1-9-66(8)52-44-36-31-32-38-46-54-71(76)84-60-69(90-73(78)56-48-40-30-24-23-27-35-43-51-65(6)7)62-88-92(81,82)86-58-67(74)57-85-91(79,80)87-61-68(89-72(77)55-47-39-29-22-18-14-13-16-20-26-34-42-50-64(4)5)59-83-70(75)53-45-37-28-21-17-12-10-11-15-19-25-33-41-49-63(2)3/h63-69,74H,9-62H2,1-8H3,(H,79,80)(H,81,82)/t66?,67-,68-,69-/m1/s1. The maximum Gasteiger partial charge on any atom is 0.472 e. The van der Waals surface area contributed by atoms with Crippen molar-refractivity contribution in [1.29, 1.82) is 0 Å². The first-order chi connectivity index (χ1) is 44.1. The van der Waals surface area contributed by atoms with Crippen molar-refractivity contribution in [3.8, 4) is 0 Å². The highest BCUT2D eigenvalue weighted by molar-refractivity contribution is 7.47. The molecule has 3 N–H and O–H groups in total. The summed E-state index contributed by atoms with van der Waals surface area (Å²) < 4.78 is 68.4. The topological polar surface area (TPSA) is 237 Å². The second-order valence-corrected chi connectivity index (χ2v) is 30.9. The number of hydrogen-bond acceptors (Lipinski definition) is 15. The Bertz CT molecular complexity index is 1820. The van der Waals surface area contributed by atoms with Gasteiger partial charge in [-0.25, -0.2) is 9.13 Å². The smallest absolute Gasteiger partial charge is 0.462 e. The van der Waals surface area contributed by atoms with Crippen molar-refractivity contribution in [2.24, 2.45) is 23.7 Å². The Morgan fingerprint density at radius 3 is 0.772 bits per heavy atom. The summed E-state index contributed by atoms with van der Waals surface area (Å²) in [6, 6.07) is 0. The van der Waals surface area contributed by atoms with E-state index in [9.17, 15) is 43.2 Å². The minimum Gasteiger partial charge on any atom is -0.462 e. The Hall–Kier alpha value is -1.94. The summed E-state index contributed by atoms with van der Waals surface area (Å²) in [5.41, 5.74) is 0. The molecule has 0 rings (SSSR count). The zero-order valence-corrected chi connectivity index (χ0v) is 62.0. The molecule has 0 aromatic carbocycles. The van der Waals surface area contributed by atoms with Crippen LogP contribution in [0.1, 0.15) is 364 Å². The van der Waals surface area contributed by atoms with E-state index in [1.165, 1.54) is 161 Å². The minimum absolute atomic E-state index is 0.103. The lowest BCUT2D eigenvalue weighted by molar-refractivity contribution is -0.161. The van der Waals surface area contributed by atoms with Gasteiger partial charge in [-0.05, 0) is 49.4 Å². The number of phosphoric acid groups is 2. The maximum absolute atomic E-state index is 13.1. The molecule has 0 bridgehead atoms. The third-order valence-corrected chi connectivity index (χ3v) is 19.1. The summed E-state index contributed by atoms with van der Waals surface area (Å²) >= 11 is 0. The lowest BCUT2D eigenvalue weighted by atomic mass is 10.00. The molecule has 19 heteroatoms. The molecule has 0 aromatic heterocycles. The first-order valence-electron chi connectivity index (χ1n) is 37.7. The van der Waals surface area contributed by atoms with Gasteiger partial charge in [0.25, 0.3) is 0 Å². The molecule has 0 aliphatic rings. The number of esters is 4. The number of aliphatic hydroxyl groups is 1. The molecule has 0 spiro atoms. The van der Waals surface area contributed by atoms with Gasteiger partial charge >= 0.3 is 39.5 Å². The molecule has 0 aliphatic carbocycles. The third-order valence-electron chi connectivity index (χ3n) is 17.2. The average Bonchev–Trinajstić information content (AvgIpc) is 3.59. The van der Waals surface area contributed by atoms with Gasteiger partial charge < -0.3 is 33.8 Å². The van der Waals surface area contributed by atoms with Gasteiger partial charge in [0.2, 0.25) is 0 Å². The van der Waals surface area contributed by atoms with Crippen LogP contribution < -0.4 is 0 Å². The fourth-order valence-electron chi connectivity index (χ4n) is 11.0. The number of carbonyl (C=O) groups is 4. The van der Waals surface area contributed by atoms with Crippen LogP contribution in [0.4, 0.5) is 0 Å². The molecule has 0 fully saturated rings. The van der Waals surface area contributed by atoms with Gasteiger partial charge in [0.1, 0.15) is 19.3 Å². The zero-order valence-electron chi connectivity index (χ0n) is 60.2. The van der Waals surface area contributed by atoms with Gasteiger partial charge in [-0.3, -0.25) is 37.3 Å². The predicted molar refractivity (Wildman–Crippen MR) is 372 cm³/mol. The van der Waals surface area contributed by atoms with Crippen LogP contribution in [0.5, 0.6) is 0 Å². The molecule has 0 aliphatic heterocycles. The maximum atomic E-state index is 13.1. The Morgan fingerprint density at radius 1 is 0.304 bits per heavy atom. The predicted octanol–water partition coefficient (Wildman–Crippen LogP) is 20.9. The van der Waals surface area contributed by atoms with Crippen LogP contribution in [0, 0.1) is 23.7 Å². The van der Waals surface area contributed by atoms with E-state index in [0.717, 1.165) is 120 Å². The fraction of sp³-hybridized carbons (Fsp3) is 0.945. The number of aliphatic hydroxyl groups excluding tert-OH is 1. The molecule has 0 amide bonds. The molecule has 0 saturated heterocycles. The lowest BCUT2D eigenvalue weighted by Gasteiger charge is -2.21. The van der Waals surface area contributed by atoms with Crippen molar-refractivity contribution < 1.29 is 80.2 Å². The van der Waals surface area contributed by atoms with Gasteiger partial charge in [-0.15, -0.1) is 0 Å². The number of ether oxygens (including phenoxy) is 4. The molecule has 0 aromatic rings. The molecular formula is C73H142O17P2. The van der Waals surface area contributed by atoms with E-state index in [0.29, 0.717) is 25.7 Å². The van der Waals surface area contributed by atoms with Crippen molar-refractivity contribution >= 4 is 39.5 Å². The van der Waals surface area contributed by atoms with Gasteiger partial charge in [-0.1, -0.05) is 312 Å². The highest BCUT2D eigenvalue weighted by Crippen LogP contribution is 2.45. The Balaban J connectivity index is 5.25. The number of carbonyl (C=O) groups excluding carboxylic acids is 4. The van der Waals surface area contributed by atoms with Crippen LogP contribution in [0.2, 0.25) is 0 Å². The van der Waals surface area contributed by atoms with Gasteiger partial charge in [0.15, 0.2) is 12.2 Å². The molecule has 546 valence electrons. The SMILES string of the molecule is CCC(C)CCCCCCCCC(=O)OC[C@H](COP(=O)(O)OC[C@H](O)COP(=O)(O)OC[C@@H](COC(=O)CCCCCCCCCCCCCCCC(C)C)OC(=O)CCCCCCCCCCCCCCC(C)C)OC(=O)CCCCCCCCCCC(C)C. The summed E-state index contributed by atoms with van der Waals surface area (Å²) in [5, 5.41) is 10.6. The second-order valence-electron chi connectivity index (χ2n) is 28.0. The second kappa shape index (κ2) is 62.6. The Kier molecular flexibility index (Phi) is 61.3. The molecule has 0 radical (unpaired) electrons. The van der Waals surface area contributed by atoms with Crippen LogP contribution in [0.15, 0.2) is 0 Å². The monoisotopic (exact) mass is 1350 g/mol. The van der Waals surface area contributed by atoms with E-state index in [-0.39, 0.29) is 25.7 Å². The largest absolute Gasteiger partial charge is 0.472 e. The van der Waals surface area contributed by atoms with Crippen LogP contribution in [0.25, 0.3) is 0 Å². The van der Waals surface area contributed by atoms with Crippen LogP contribution in [0.3, 0.4) is 0 Å². The summed E-state index contributed by atoms with van der Waals surface area (Å²) in [6.45, 7) is 14.1. The van der Waals surface area contributed by atoms with E-state index < -0.39 is 97.5 Å². The zero-order chi connectivity index (χ0) is 68.2. The van der Waals surface area contributed by atoms with Crippen LogP contribution in [-0.4, -0.2) is 96.7 Å². The summed E-state index contributed by atoms with van der Waals surface area (Å²) in [6.07, 6.45) is 45.9. The molecule has 3 unspecified atom stereocenters. The molecule has 0 heterocycles. The Morgan fingerprint density at radius 2 is 0.522 bits per heavy atom. The van der Waals surface area contributed by atoms with Gasteiger partial charge in [-0.2, -0.15) is 0 Å². The van der Waals surface area contributed by atoms with Gasteiger partial charge in [0, 0.05) is 25.7 Å². The lowest BCUT2D eigenvalue weighted by Crippen LogP contribution is -2.30. The molecule has 0 saturated carbocycles. The van der Waals surface area contributed by atoms with Gasteiger partial charge in [0.05, 0.1) is 26.4 Å². The molecule has 17 nitrogen and oxygen atoms in total. The van der Waals surface area contributed by atoms with E-state index >= 15 is 0 Å². The first-order valence-corrected chi connectivity index (χ1v) is 40.7. The quantitative estimate of drug-likeness (QED) is 0.0222. The van der Waals surface area contributed by atoms with E-state index in [1.807, 2.05) is 0 Å². The number of phosphoric ester groups is 2. The van der Waals surface area contributed by atoms with Crippen molar-refractivity contribution in [1.82, 2.24) is 0 Å².